The van der Waals surface area contributed by atoms with Crippen molar-refractivity contribution in [1.29, 1.82) is 0 Å². The molecular formula is C58H53N. The van der Waals surface area contributed by atoms with E-state index in [9.17, 15) is 0 Å². The molecule has 5 saturated carbocycles. The number of rotatable bonds is 5. The Balaban J connectivity index is 1.05. The quantitative estimate of drug-likeness (QED) is 0.169. The predicted octanol–water partition coefficient (Wildman–Crippen LogP) is 15.7. The van der Waals surface area contributed by atoms with Crippen molar-refractivity contribution in [2.45, 2.75) is 88.4 Å². The van der Waals surface area contributed by atoms with E-state index >= 15 is 0 Å². The van der Waals surface area contributed by atoms with Crippen molar-refractivity contribution in [3.8, 4) is 33.4 Å². The van der Waals surface area contributed by atoms with Crippen LogP contribution in [0.1, 0.15) is 105 Å². The molecule has 1 heteroatoms. The first-order valence-electron chi connectivity index (χ1n) is 22.9. The molecule has 5 fully saturated rings. The predicted molar refractivity (Wildman–Crippen MR) is 246 cm³/mol. The molecule has 7 aliphatic carbocycles. The second kappa shape index (κ2) is 12.6. The van der Waals surface area contributed by atoms with Gasteiger partial charge in [0.1, 0.15) is 0 Å². The van der Waals surface area contributed by atoms with E-state index in [2.05, 4.69) is 164 Å². The van der Waals surface area contributed by atoms with Crippen molar-refractivity contribution in [1.82, 2.24) is 0 Å². The molecule has 1 nitrogen and oxygen atoms in total. The fourth-order valence-corrected chi connectivity index (χ4v) is 14.6. The van der Waals surface area contributed by atoms with Gasteiger partial charge < -0.3 is 4.90 Å². The first-order chi connectivity index (χ1) is 29.0. The van der Waals surface area contributed by atoms with Gasteiger partial charge in [0.25, 0.3) is 0 Å². The molecule has 4 bridgehead atoms. The molecule has 0 aliphatic heterocycles. The molecule has 7 aromatic carbocycles. The van der Waals surface area contributed by atoms with E-state index in [0.717, 1.165) is 23.7 Å². The van der Waals surface area contributed by atoms with Crippen LogP contribution in [0, 0.1) is 23.7 Å². The molecular weight excluding hydrogens is 711 g/mol. The van der Waals surface area contributed by atoms with Gasteiger partial charge in [-0.1, -0.05) is 148 Å². The van der Waals surface area contributed by atoms with Gasteiger partial charge in [0, 0.05) is 27.8 Å². The lowest BCUT2D eigenvalue weighted by atomic mass is 9.59. The number of hydrogen-bond donors (Lipinski definition) is 0. The molecule has 7 aliphatic rings. The first kappa shape index (κ1) is 34.5. The Morgan fingerprint density at radius 2 is 1.12 bits per heavy atom. The van der Waals surface area contributed by atoms with Crippen LogP contribution in [-0.2, 0) is 10.8 Å². The van der Waals surface area contributed by atoms with Gasteiger partial charge in [0.05, 0.1) is 5.69 Å². The fraction of sp³-hybridized carbons (Fsp3) is 0.310. The van der Waals surface area contributed by atoms with Crippen molar-refractivity contribution in [3.05, 3.63) is 173 Å². The van der Waals surface area contributed by atoms with Crippen molar-refractivity contribution >= 4 is 27.8 Å². The Morgan fingerprint density at radius 1 is 0.492 bits per heavy atom. The van der Waals surface area contributed by atoms with E-state index in [1.54, 1.807) is 16.7 Å². The summed E-state index contributed by atoms with van der Waals surface area (Å²) < 4.78 is 0. The van der Waals surface area contributed by atoms with Gasteiger partial charge in [-0.25, -0.2) is 0 Å². The summed E-state index contributed by atoms with van der Waals surface area (Å²) in [6.45, 7) is 4.84. The van der Waals surface area contributed by atoms with E-state index < -0.39 is 0 Å². The summed E-state index contributed by atoms with van der Waals surface area (Å²) >= 11 is 0. The average molecular weight is 764 g/mol. The van der Waals surface area contributed by atoms with Gasteiger partial charge in [0.2, 0.25) is 0 Å². The lowest BCUT2D eigenvalue weighted by molar-refractivity contribution is 0.191. The molecule has 5 unspecified atom stereocenters. The third-order valence-corrected chi connectivity index (χ3v) is 16.8. The molecule has 5 atom stereocenters. The summed E-state index contributed by atoms with van der Waals surface area (Å²) in [5.74, 6) is 3.89. The van der Waals surface area contributed by atoms with Gasteiger partial charge in [0.15, 0.2) is 0 Å². The smallest absolute Gasteiger partial charge is 0.0540 e. The van der Waals surface area contributed by atoms with Crippen LogP contribution in [0.15, 0.2) is 146 Å². The average Bonchev–Trinajstić information content (AvgIpc) is 3.90. The van der Waals surface area contributed by atoms with E-state index in [-0.39, 0.29) is 10.8 Å². The number of anilines is 3. The molecule has 0 radical (unpaired) electrons. The van der Waals surface area contributed by atoms with E-state index in [1.165, 1.54) is 130 Å². The molecule has 0 amide bonds. The summed E-state index contributed by atoms with van der Waals surface area (Å²) in [6.07, 6.45) is 12.2. The molecule has 7 aromatic rings. The number of fused-ring (bicyclic) bond motifs is 7. The minimum atomic E-state index is -0.0939. The van der Waals surface area contributed by atoms with Crippen molar-refractivity contribution in [2.24, 2.45) is 23.7 Å². The van der Waals surface area contributed by atoms with E-state index in [1.807, 2.05) is 0 Å². The SMILES string of the molecule is CC1(C)c2ccccc2-c2ccc(N(c3ccc4c(c3)C3(c5ccccc5-4)C4CC5CC(C4)C3C5)c3ccccc3-c3cccc4cccc(C5CCCCC5)c34)cc21. The Morgan fingerprint density at radius 3 is 1.90 bits per heavy atom. The zero-order valence-electron chi connectivity index (χ0n) is 34.6. The van der Waals surface area contributed by atoms with Crippen LogP contribution in [0.2, 0.25) is 0 Å². The van der Waals surface area contributed by atoms with Crippen LogP contribution in [0.4, 0.5) is 17.1 Å². The molecule has 0 heterocycles. The highest BCUT2D eigenvalue weighted by Gasteiger charge is 2.66. The van der Waals surface area contributed by atoms with Crippen molar-refractivity contribution < 1.29 is 0 Å². The van der Waals surface area contributed by atoms with Crippen LogP contribution in [0.25, 0.3) is 44.2 Å². The standard InChI is InChI=1S/C58H53N/c1-57(2)50-23-9-6-18-44(50)46-28-26-41(34-53(46)57)59(55-25-11-8-20-48(55)49-22-13-17-38-16-12-21-43(56(38)49)37-14-4-3-5-15-37)42-27-29-47-45-19-7-10-24-51(45)58(54(47)35-42)40-31-36-30-39(33-40)52(58)32-36/h6-13,16-29,34-37,39-40,52H,3-5,14-15,30-33H2,1-2H3. The third kappa shape index (κ3) is 4.68. The Bertz CT molecular complexity index is 2840. The van der Waals surface area contributed by atoms with Gasteiger partial charge in [-0.05, 0) is 165 Å². The number of nitrogens with zero attached hydrogens (tertiary/aromatic N) is 1. The largest absolute Gasteiger partial charge is 0.310 e. The van der Waals surface area contributed by atoms with Crippen LogP contribution >= 0.6 is 0 Å². The third-order valence-electron chi connectivity index (χ3n) is 16.8. The highest BCUT2D eigenvalue weighted by Crippen LogP contribution is 2.73. The van der Waals surface area contributed by atoms with E-state index in [0.29, 0.717) is 5.92 Å². The Hall–Kier alpha value is -5.40. The van der Waals surface area contributed by atoms with Gasteiger partial charge in [-0.15, -0.1) is 0 Å². The van der Waals surface area contributed by atoms with Crippen molar-refractivity contribution in [2.75, 3.05) is 4.90 Å². The second-order valence-corrected chi connectivity index (χ2v) is 19.9. The van der Waals surface area contributed by atoms with Crippen molar-refractivity contribution in [3.63, 3.8) is 0 Å². The Labute approximate surface area is 350 Å². The molecule has 0 N–H and O–H groups in total. The maximum atomic E-state index is 2.68. The number of benzene rings is 7. The minimum Gasteiger partial charge on any atom is -0.310 e. The van der Waals surface area contributed by atoms with Gasteiger partial charge in [-0.2, -0.15) is 0 Å². The molecule has 0 saturated heterocycles. The highest BCUT2D eigenvalue weighted by atomic mass is 15.1. The maximum absolute atomic E-state index is 2.68. The highest BCUT2D eigenvalue weighted by molar-refractivity contribution is 6.04. The van der Waals surface area contributed by atoms with Crippen LogP contribution in [-0.4, -0.2) is 0 Å². The molecule has 1 spiro atoms. The summed E-state index contributed by atoms with van der Waals surface area (Å²) in [5, 5.41) is 2.80. The normalized spacial score (nSPS) is 25.3. The first-order valence-corrected chi connectivity index (χ1v) is 22.9. The number of hydrogen-bond acceptors (Lipinski definition) is 1. The summed E-state index contributed by atoms with van der Waals surface area (Å²) in [5.41, 5.74) is 19.8. The lowest BCUT2D eigenvalue weighted by Crippen LogP contribution is -2.40. The molecule has 0 aromatic heterocycles. The minimum absolute atomic E-state index is 0.0939. The van der Waals surface area contributed by atoms with Crippen LogP contribution in [0.5, 0.6) is 0 Å². The summed E-state index contributed by atoms with van der Waals surface area (Å²) in [4.78, 5) is 2.65. The lowest BCUT2D eigenvalue weighted by Gasteiger charge is -2.44. The fourth-order valence-electron chi connectivity index (χ4n) is 14.6. The Kier molecular flexibility index (Phi) is 7.34. The molecule has 59 heavy (non-hydrogen) atoms. The second-order valence-electron chi connectivity index (χ2n) is 19.9. The zero-order valence-corrected chi connectivity index (χ0v) is 34.6. The number of para-hydroxylation sites is 1. The monoisotopic (exact) mass is 763 g/mol. The maximum Gasteiger partial charge on any atom is 0.0540 e. The zero-order chi connectivity index (χ0) is 39.0. The summed E-state index contributed by atoms with van der Waals surface area (Å²) in [7, 11) is 0. The van der Waals surface area contributed by atoms with Crippen LogP contribution < -0.4 is 4.90 Å². The summed E-state index contributed by atoms with van der Waals surface area (Å²) in [6, 6.07) is 57.1. The molecule has 14 rings (SSSR count). The van der Waals surface area contributed by atoms with Crippen LogP contribution in [0.3, 0.4) is 0 Å². The van der Waals surface area contributed by atoms with E-state index in [4.69, 9.17) is 0 Å². The topological polar surface area (TPSA) is 3.24 Å². The molecule has 290 valence electrons. The van der Waals surface area contributed by atoms with Gasteiger partial charge >= 0.3 is 0 Å². The van der Waals surface area contributed by atoms with Gasteiger partial charge in [-0.3, -0.25) is 0 Å².